The molecule has 17 heavy (non-hydrogen) atoms. The van der Waals surface area contributed by atoms with Crippen molar-refractivity contribution < 1.29 is 9.66 Å². The van der Waals surface area contributed by atoms with Crippen molar-refractivity contribution in [1.29, 1.82) is 5.26 Å². The van der Waals surface area contributed by atoms with Gasteiger partial charge in [-0.1, -0.05) is 6.07 Å². The summed E-state index contributed by atoms with van der Waals surface area (Å²) >= 11 is 0. The molecule has 0 saturated heterocycles. The Morgan fingerprint density at radius 2 is 2.29 bits per heavy atom. The highest BCUT2D eigenvalue weighted by molar-refractivity contribution is 5.82. The average molecular weight is 230 g/mol. The van der Waals surface area contributed by atoms with Gasteiger partial charge in [0.15, 0.2) is 5.75 Å². The van der Waals surface area contributed by atoms with Crippen LogP contribution in [0.1, 0.15) is 17.5 Å². The fourth-order valence-corrected chi connectivity index (χ4v) is 2.14. The summed E-state index contributed by atoms with van der Waals surface area (Å²) in [4.78, 5) is 10.7. The molecule has 0 unspecified atom stereocenters. The summed E-state index contributed by atoms with van der Waals surface area (Å²) in [5.74, 6) is 0.236. The SMILES string of the molecule is COc1ccc2c(c1[N+](=O)[O-])/C(=C/C#N)CC2. The Hall–Kier alpha value is -2.35. The molecule has 0 aliphatic heterocycles. The molecule has 1 aliphatic carbocycles. The van der Waals surface area contributed by atoms with E-state index in [1.165, 1.54) is 13.2 Å². The lowest BCUT2D eigenvalue weighted by atomic mass is 10.0. The molecule has 0 saturated carbocycles. The maximum atomic E-state index is 11.1. The van der Waals surface area contributed by atoms with E-state index in [4.69, 9.17) is 10.00 Å². The van der Waals surface area contributed by atoms with Crippen molar-refractivity contribution in [3.05, 3.63) is 39.4 Å². The van der Waals surface area contributed by atoms with Crippen LogP contribution in [0.15, 0.2) is 18.2 Å². The summed E-state index contributed by atoms with van der Waals surface area (Å²) in [6.07, 6.45) is 2.77. The largest absolute Gasteiger partial charge is 0.490 e. The molecule has 0 amide bonds. The lowest BCUT2D eigenvalue weighted by molar-refractivity contribution is -0.386. The third-order valence-electron chi connectivity index (χ3n) is 2.85. The van der Waals surface area contributed by atoms with Gasteiger partial charge in [0, 0.05) is 6.08 Å². The maximum Gasteiger partial charge on any atom is 0.318 e. The van der Waals surface area contributed by atoms with Crippen LogP contribution in [-0.2, 0) is 6.42 Å². The zero-order chi connectivity index (χ0) is 12.4. The summed E-state index contributed by atoms with van der Waals surface area (Å²) < 4.78 is 5.01. The van der Waals surface area contributed by atoms with Gasteiger partial charge < -0.3 is 4.74 Å². The molecule has 5 nitrogen and oxygen atoms in total. The van der Waals surface area contributed by atoms with Crippen molar-refractivity contribution in [2.45, 2.75) is 12.8 Å². The number of rotatable bonds is 2. The zero-order valence-corrected chi connectivity index (χ0v) is 9.27. The first-order chi connectivity index (χ1) is 8.19. The number of nitro groups is 1. The Morgan fingerprint density at radius 3 is 2.88 bits per heavy atom. The molecule has 0 radical (unpaired) electrons. The molecule has 0 heterocycles. The molecule has 5 heteroatoms. The lowest BCUT2D eigenvalue weighted by Crippen LogP contribution is -1.98. The van der Waals surface area contributed by atoms with Crippen LogP contribution >= 0.6 is 0 Å². The highest BCUT2D eigenvalue weighted by Crippen LogP contribution is 2.43. The predicted octanol–water partition coefficient (Wildman–Crippen LogP) is 2.46. The number of nitro benzene ring substituents is 1. The third kappa shape index (κ3) is 1.74. The molecular weight excluding hydrogens is 220 g/mol. The molecule has 0 aromatic heterocycles. The first-order valence-corrected chi connectivity index (χ1v) is 5.12. The highest BCUT2D eigenvalue weighted by Gasteiger charge is 2.29. The molecular formula is C12H10N2O3. The zero-order valence-electron chi connectivity index (χ0n) is 9.27. The van der Waals surface area contributed by atoms with E-state index in [2.05, 4.69) is 0 Å². The minimum Gasteiger partial charge on any atom is -0.490 e. The third-order valence-corrected chi connectivity index (χ3v) is 2.85. The fourth-order valence-electron chi connectivity index (χ4n) is 2.14. The van der Waals surface area contributed by atoms with E-state index in [0.29, 0.717) is 17.6 Å². The minimum atomic E-state index is -0.450. The Labute approximate surface area is 98.1 Å². The van der Waals surface area contributed by atoms with E-state index >= 15 is 0 Å². The van der Waals surface area contributed by atoms with Crippen LogP contribution in [0.4, 0.5) is 5.69 Å². The second-order valence-electron chi connectivity index (χ2n) is 3.71. The van der Waals surface area contributed by atoms with Gasteiger partial charge in [-0.3, -0.25) is 10.1 Å². The molecule has 86 valence electrons. The van der Waals surface area contributed by atoms with E-state index in [1.807, 2.05) is 12.1 Å². The summed E-state index contributed by atoms with van der Waals surface area (Å²) in [5.41, 5.74) is 2.13. The monoisotopic (exact) mass is 230 g/mol. The van der Waals surface area contributed by atoms with E-state index in [0.717, 1.165) is 12.0 Å². The number of allylic oxidation sites excluding steroid dienone is 2. The Kier molecular flexibility index (Phi) is 2.79. The van der Waals surface area contributed by atoms with Crippen LogP contribution < -0.4 is 4.74 Å². The van der Waals surface area contributed by atoms with E-state index in [-0.39, 0.29) is 11.4 Å². The molecule has 1 aliphatic rings. The molecule has 0 atom stereocenters. The molecule has 0 bridgehead atoms. The fraction of sp³-hybridized carbons (Fsp3) is 0.250. The van der Waals surface area contributed by atoms with Crippen molar-refractivity contribution in [1.82, 2.24) is 0 Å². The summed E-state index contributed by atoms with van der Waals surface area (Å²) in [6, 6.07) is 5.35. The van der Waals surface area contributed by atoms with Gasteiger partial charge in [0.05, 0.1) is 23.7 Å². The van der Waals surface area contributed by atoms with Gasteiger partial charge in [-0.15, -0.1) is 0 Å². The van der Waals surface area contributed by atoms with Gasteiger partial charge in [0.1, 0.15) is 0 Å². The van der Waals surface area contributed by atoms with Gasteiger partial charge >= 0.3 is 5.69 Å². The van der Waals surface area contributed by atoms with Gasteiger partial charge in [-0.2, -0.15) is 5.26 Å². The van der Waals surface area contributed by atoms with E-state index < -0.39 is 4.92 Å². The van der Waals surface area contributed by atoms with Crippen molar-refractivity contribution >= 4 is 11.3 Å². The van der Waals surface area contributed by atoms with Crippen molar-refractivity contribution in [3.63, 3.8) is 0 Å². The molecule has 1 aromatic carbocycles. The number of methoxy groups -OCH3 is 1. The quantitative estimate of drug-likeness (QED) is 0.444. The number of fused-ring (bicyclic) bond motifs is 1. The summed E-state index contributed by atoms with van der Waals surface area (Å²) in [6.45, 7) is 0. The number of nitriles is 1. The predicted molar refractivity (Wildman–Crippen MR) is 61.6 cm³/mol. The lowest BCUT2D eigenvalue weighted by Gasteiger charge is -2.06. The number of benzene rings is 1. The van der Waals surface area contributed by atoms with Crippen molar-refractivity contribution in [2.75, 3.05) is 7.11 Å². The van der Waals surface area contributed by atoms with E-state index in [9.17, 15) is 10.1 Å². The smallest absolute Gasteiger partial charge is 0.318 e. The number of nitrogens with zero attached hydrogens (tertiary/aromatic N) is 2. The second kappa shape index (κ2) is 4.26. The topological polar surface area (TPSA) is 76.2 Å². The van der Waals surface area contributed by atoms with Crippen LogP contribution in [0, 0.1) is 21.4 Å². The Bertz CT molecular complexity index is 556. The van der Waals surface area contributed by atoms with E-state index in [1.54, 1.807) is 6.07 Å². The molecule has 1 aromatic rings. The highest BCUT2D eigenvalue weighted by atomic mass is 16.6. The van der Waals surface area contributed by atoms with Crippen LogP contribution in [0.5, 0.6) is 5.75 Å². The van der Waals surface area contributed by atoms with Crippen LogP contribution in [0.3, 0.4) is 0 Å². The van der Waals surface area contributed by atoms with Gasteiger partial charge in [0.2, 0.25) is 0 Å². The van der Waals surface area contributed by atoms with Gasteiger partial charge in [-0.05, 0) is 30.0 Å². The van der Waals surface area contributed by atoms with Crippen LogP contribution in [0.25, 0.3) is 5.57 Å². The molecule has 2 rings (SSSR count). The summed E-state index contributed by atoms with van der Waals surface area (Å²) in [7, 11) is 1.40. The Balaban J connectivity index is 2.72. The molecule has 0 N–H and O–H groups in total. The van der Waals surface area contributed by atoms with Crippen LogP contribution in [-0.4, -0.2) is 12.0 Å². The van der Waals surface area contributed by atoms with Crippen LogP contribution in [0.2, 0.25) is 0 Å². The summed E-state index contributed by atoms with van der Waals surface area (Å²) in [5, 5.41) is 19.8. The number of ether oxygens (including phenoxy) is 1. The van der Waals surface area contributed by atoms with Crippen molar-refractivity contribution in [3.8, 4) is 11.8 Å². The van der Waals surface area contributed by atoms with Crippen molar-refractivity contribution in [2.24, 2.45) is 0 Å². The van der Waals surface area contributed by atoms with Gasteiger partial charge in [-0.25, -0.2) is 0 Å². The molecule has 0 spiro atoms. The van der Waals surface area contributed by atoms with Gasteiger partial charge in [0.25, 0.3) is 0 Å². The maximum absolute atomic E-state index is 11.1. The minimum absolute atomic E-state index is 0.0380. The normalized spacial score (nSPS) is 15.4. The molecule has 0 fully saturated rings. The average Bonchev–Trinajstić information content (AvgIpc) is 2.71. The second-order valence-corrected chi connectivity index (χ2v) is 3.71. The number of hydrogen-bond acceptors (Lipinski definition) is 4. The standard InChI is InChI=1S/C12H10N2O3/c1-17-10-5-4-8-2-3-9(6-7-13)11(8)12(10)14(15)16/h4-6H,2-3H2,1H3/b9-6+. The number of hydrogen-bond donors (Lipinski definition) is 0. The Morgan fingerprint density at radius 1 is 1.53 bits per heavy atom. The number of aryl methyl sites for hydroxylation is 1. The first kappa shape index (κ1) is 11.1. The first-order valence-electron chi connectivity index (χ1n) is 5.12.